The molecule has 0 aliphatic heterocycles. The first-order chi connectivity index (χ1) is 10.0. The Hall–Kier alpha value is -1.95. The first-order valence-electron chi connectivity index (χ1n) is 6.92. The number of anilines is 1. The van der Waals surface area contributed by atoms with Crippen molar-refractivity contribution in [2.24, 2.45) is 0 Å². The predicted molar refractivity (Wildman–Crippen MR) is 84.1 cm³/mol. The molecule has 112 valence electrons. The lowest BCUT2D eigenvalue weighted by Gasteiger charge is -2.11. The van der Waals surface area contributed by atoms with Gasteiger partial charge in [0, 0.05) is 17.3 Å². The summed E-state index contributed by atoms with van der Waals surface area (Å²) in [4.78, 5) is 20.9. The molecule has 0 aliphatic carbocycles. The van der Waals surface area contributed by atoms with Gasteiger partial charge in [0.05, 0.1) is 11.9 Å². The van der Waals surface area contributed by atoms with Gasteiger partial charge >= 0.3 is 5.97 Å². The maximum atomic E-state index is 11.4. The molecule has 0 aliphatic rings. The number of aryl methyl sites for hydroxylation is 1. The van der Waals surface area contributed by atoms with Crippen molar-refractivity contribution in [1.29, 1.82) is 0 Å². The van der Waals surface area contributed by atoms with Crippen LogP contribution >= 0.6 is 11.3 Å². The zero-order chi connectivity index (χ0) is 15.4. The molecule has 0 fully saturated rings. The Labute approximate surface area is 128 Å². The minimum atomic E-state index is -1.04. The highest BCUT2D eigenvalue weighted by atomic mass is 32.1. The lowest BCUT2D eigenvalue weighted by atomic mass is 10.2. The van der Waals surface area contributed by atoms with Gasteiger partial charge in [-0.3, -0.25) is 0 Å². The maximum Gasteiger partial charge on any atom is 0.356 e. The van der Waals surface area contributed by atoms with Gasteiger partial charge in [-0.15, -0.1) is 11.3 Å². The first-order valence-corrected chi connectivity index (χ1v) is 7.80. The highest BCUT2D eigenvalue weighted by molar-refractivity contribution is 7.10. The fraction of sp³-hybridized carbons (Fsp3) is 0.400. The molecule has 2 heterocycles. The van der Waals surface area contributed by atoms with Crippen LogP contribution in [0.15, 0.2) is 17.6 Å². The molecule has 0 spiro atoms. The van der Waals surface area contributed by atoms with Crippen molar-refractivity contribution < 1.29 is 9.90 Å². The van der Waals surface area contributed by atoms with E-state index in [0.29, 0.717) is 18.1 Å². The van der Waals surface area contributed by atoms with Crippen LogP contribution < -0.4 is 5.32 Å². The van der Waals surface area contributed by atoms with Crippen molar-refractivity contribution in [2.75, 3.05) is 5.32 Å². The van der Waals surface area contributed by atoms with Crippen LogP contribution in [0.3, 0.4) is 0 Å². The SMILES string of the molecule is CCc1ccsc1CNc1cnc(C(C)C)nc1C(=O)O. The van der Waals surface area contributed by atoms with Gasteiger partial charge in [0.15, 0.2) is 5.69 Å². The number of nitrogens with one attached hydrogen (secondary N) is 1. The van der Waals surface area contributed by atoms with Crippen molar-refractivity contribution in [3.05, 3.63) is 39.6 Å². The van der Waals surface area contributed by atoms with Gasteiger partial charge in [-0.1, -0.05) is 20.8 Å². The zero-order valence-corrected chi connectivity index (χ0v) is 13.2. The Bertz CT molecular complexity index is 638. The molecule has 2 rings (SSSR count). The van der Waals surface area contributed by atoms with Gasteiger partial charge in [0.25, 0.3) is 0 Å². The fourth-order valence-electron chi connectivity index (χ4n) is 1.98. The fourth-order valence-corrected chi connectivity index (χ4v) is 2.89. The minimum Gasteiger partial charge on any atom is -0.476 e. The summed E-state index contributed by atoms with van der Waals surface area (Å²) in [6.07, 6.45) is 2.53. The van der Waals surface area contributed by atoms with Crippen LogP contribution in [0.5, 0.6) is 0 Å². The second-order valence-corrected chi connectivity index (χ2v) is 6.03. The molecule has 2 N–H and O–H groups in total. The quantitative estimate of drug-likeness (QED) is 0.854. The minimum absolute atomic E-state index is 0.0308. The Morgan fingerprint density at radius 3 is 2.86 bits per heavy atom. The van der Waals surface area contributed by atoms with E-state index in [4.69, 9.17) is 0 Å². The van der Waals surface area contributed by atoms with Gasteiger partial charge in [-0.2, -0.15) is 0 Å². The molecule has 0 atom stereocenters. The third-order valence-electron chi connectivity index (χ3n) is 3.18. The Balaban J connectivity index is 2.21. The number of hydrogen-bond acceptors (Lipinski definition) is 5. The molecule has 0 amide bonds. The standard InChI is InChI=1S/C15H19N3O2S/c1-4-10-5-6-21-12(10)8-16-11-7-17-14(9(2)3)18-13(11)15(19)20/h5-7,9,16H,4,8H2,1-3H3,(H,19,20). The molecule has 21 heavy (non-hydrogen) atoms. The van der Waals surface area contributed by atoms with Gasteiger partial charge in [0.1, 0.15) is 5.82 Å². The molecule has 6 heteroatoms. The molecular formula is C15H19N3O2S. The van der Waals surface area contributed by atoms with Crippen molar-refractivity contribution in [2.45, 2.75) is 39.7 Å². The number of hydrogen-bond donors (Lipinski definition) is 2. The summed E-state index contributed by atoms with van der Waals surface area (Å²) in [6.45, 7) is 6.57. The molecule has 0 radical (unpaired) electrons. The lowest BCUT2D eigenvalue weighted by molar-refractivity contribution is 0.0691. The van der Waals surface area contributed by atoms with Crippen LogP contribution in [-0.2, 0) is 13.0 Å². The van der Waals surface area contributed by atoms with Gasteiger partial charge in [-0.05, 0) is 23.4 Å². The number of aromatic nitrogens is 2. The summed E-state index contributed by atoms with van der Waals surface area (Å²) < 4.78 is 0. The van der Waals surface area contributed by atoms with E-state index in [0.717, 1.165) is 6.42 Å². The van der Waals surface area contributed by atoms with Crippen LogP contribution in [0.2, 0.25) is 0 Å². The van der Waals surface area contributed by atoms with Gasteiger partial charge in [0.2, 0.25) is 0 Å². The third-order valence-corrected chi connectivity index (χ3v) is 4.15. The molecular weight excluding hydrogens is 286 g/mol. The van der Waals surface area contributed by atoms with E-state index in [2.05, 4.69) is 28.3 Å². The second-order valence-electron chi connectivity index (χ2n) is 5.03. The highest BCUT2D eigenvalue weighted by Gasteiger charge is 2.16. The summed E-state index contributed by atoms with van der Waals surface area (Å²) in [7, 11) is 0. The average Bonchev–Trinajstić information content (AvgIpc) is 2.92. The highest BCUT2D eigenvalue weighted by Crippen LogP contribution is 2.21. The predicted octanol–water partition coefficient (Wildman–Crippen LogP) is 3.53. The largest absolute Gasteiger partial charge is 0.476 e. The summed E-state index contributed by atoms with van der Waals surface area (Å²) >= 11 is 1.66. The van der Waals surface area contributed by atoms with Gasteiger partial charge < -0.3 is 10.4 Å². The molecule has 0 bridgehead atoms. The second kappa shape index (κ2) is 6.67. The van der Waals surface area contributed by atoms with Crippen molar-refractivity contribution >= 4 is 23.0 Å². The number of aromatic carboxylic acids is 1. The molecule has 0 aromatic carbocycles. The van der Waals surface area contributed by atoms with E-state index in [-0.39, 0.29) is 11.6 Å². The number of thiophene rings is 1. The van der Waals surface area contributed by atoms with E-state index in [1.165, 1.54) is 10.4 Å². The Kier molecular flexibility index (Phi) is 4.90. The van der Waals surface area contributed by atoms with Crippen LogP contribution in [0.25, 0.3) is 0 Å². The zero-order valence-electron chi connectivity index (χ0n) is 12.4. The molecule has 5 nitrogen and oxygen atoms in total. The van der Waals surface area contributed by atoms with E-state index in [1.807, 2.05) is 19.2 Å². The normalized spacial score (nSPS) is 10.9. The van der Waals surface area contributed by atoms with Crippen LogP contribution in [0.1, 0.15) is 53.4 Å². The molecule has 0 unspecified atom stereocenters. The van der Waals surface area contributed by atoms with Crippen molar-refractivity contribution in [1.82, 2.24) is 9.97 Å². The van der Waals surface area contributed by atoms with E-state index in [9.17, 15) is 9.90 Å². The smallest absolute Gasteiger partial charge is 0.356 e. The van der Waals surface area contributed by atoms with Crippen LogP contribution in [0, 0.1) is 0 Å². The lowest BCUT2D eigenvalue weighted by Crippen LogP contribution is -2.12. The van der Waals surface area contributed by atoms with Crippen molar-refractivity contribution in [3.8, 4) is 0 Å². The van der Waals surface area contributed by atoms with E-state index >= 15 is 0 Å². The summed E-state index contributed by atoms with van der Waals surface area (Å²) in [6, 6.07) is 2.10. The topological polar surface area (TPSA) is 75.1 Å². The molecule has 0 saturated heterocycles. The van der Waals surface area contributed by atoms with E-state index in [1.54, 1.807) is 17.5 Å². The summed E-state index contributed by atoms with van der Waals surface area (Å²) in [5.41, 5.74) is 1.77. The van der Waals surface area contributed by atoms with Gasteiger partial charge in [-0.25, -0.2) is 14.8 Å². The maximum absolute atomic E-state index is 11.4. The summed E-state index contributed by atoms with van der Waals surface area (Å²) in [5, 5.41) is 14.5. The van der Waals surface area contributed by atoms with E-state index < -0.39 is 5.97 Å². The van der Waals surface area contributed by atoms with Crippen LogP contribution in [0.4, 0.5) is 5.69 Å². The first kappa shape index (κ1) is 15.4. The molecule has 0 saturated carbocycles. The monoisotopic (exact) mass is 305 g/mol. The Morgan fingerprint density at radius 2 is 2.24 bits per heavy atom. The number of nitrogens with zero attached hydrogens (tertiary/aromatic N) is 2. The number of carbonyl (C=O) groups is 1. The van der Waals surface area contributed by atoms with Crippen molar-refractivity contribution in [3.63, 3.8) is 0 Å². The van der Waals surface area contributed by atoms with Crippen LogP contribution in [-0.4, -0.2) is 21.0 Å². The third kappa shape index (κ3) is 3.58. The summed E-state index contributed by atoms with van der Waals surface area (Å²) in [5.74, 6) is -0.395. The number of carboxylic acids is 1. The number of carboxylic acid groups (broad SMARTS) is 1. The number of rotatable bonds is 6. The molecule has 2 aromatic rings. The molecule has 2 aromatic heterocycles. The average molecular weight is 305 g/mol. The Morgan fingerprint density at radius 1 is 1.48 bits per heavy atom.